The van der Waals surface area contributed by atoms with Crippen molar-refractivity contribution in [1.82, 2.24) is 0 Å². The van der Waals surface area contributed by atoms with E-state index < -0.39 is 13.7 Å². The number of anilines is 1. The van der Waals surface area contributed by atoms with Gasteiger partial charge in [-0.3, -0.25) is 0 Å². The maximum atomic E-state index is 10.3. The van der Waals surface area contributed by atoms with Crippen molar-refractivity contribution in [2.45, 2.75) is 111 Å². The van der Waals surface area contributed by atoms with Crippen molar-refractivity contribution in [2.75, 3.05) is 11.5 Å². The number of ether oxygens (including phenoxy) is 2. The Kier molecular flexibility index (Phi) is 13.6. The first-order chi connectivity index (χ1) is 29.8. The third-order valence-corrected chi connectivity index (χ3v) is 13.0. The molecule has 3 aromatic rings. The largest absolute Gasteiger partial charge is 0.480 e. The summed E-state index contributed by atoms with van der Waals surface area (Å²) in [5, 5.41) is 39.2. The van der Waals surface area contributed by atoms with Crippen LogP contribution in [0.5, 0.6) is 5.75 Å². The highest BCUT2D eigenvalue weighted by atomic mass is 28.3. The lowest BCUT2D eigenvalue weighted by molar-refractivity contribution is 0.0953. The first kappa shape index (κ1) is 46.2. The summed E-state index contributed by atoms with van der Waals surface area (Å²) in [7, 11) is -1.50. The van der Waals surface area contributed by atoms with Crippen molar-refractivity contribution in [1.29, 1.82) is 15.8 Å². The average Bonchev–Trinajstić information content (AvgIpc) is 3.62. The Morgan fingerprint density at radius 2 is 1.56 bits per heavy atom. The summed E-state index contributed by atoms with van der Waals surface area (Å²) in [5.74, 6) is 5.11. The third kappa shape index (κ3) is 10.5. The van der Waals surface area contributed by atoms with Crippen LogP contribution in [0, 0.1) is 56.8 Å². The number of aliphatic hydroxyl groups is 1. The highest BCUT2D eigenvalue weighted by molar-refractivity contribution is 6.83. The van der Waals surface area contributed by atoms with Crippen molar-refractivity contribution in [3.63, 3.8) is 0 Å². The third-order valence-electron chi connectivity index (χ3n) is 12.1. The molecule has 2 aliphatic heterocycles. The van der Waals surface area contributed by atoms with E-state index in [9.17, 15) is 20.9 Å². The Hall–Kier alpha value is -6.29. The van der Waals surface area contributed by atoms with Crippen LogP contribution in [0.2, 0.25) is 19.6 Å². The molecule has 3 aliphatic rings. The predicted octanol–water partition coefficient (Wildman–Crippen LogP) is 12.2. The summed E-state index contributed by atoms with van der Waals surface area (Å²) in [6.45, 7) is 22.7. The number of aliphatic hydroxyl groups excluding tert-OH is 1. The summed E-state index contributed by atoms with van der Waals surface area (Å²) >= 11 is 0. The van der Waals surface area contributed by atoms with E-state index in [2.05, 4.69) is 137 Å². The van der Waals surface area contributed by atoms with Gasteiger partial charge in [0.1, 0.15) is 49.0 Å². The van der Waals surface area contributed by atoms with E-state index in [0.717, 1.165) is 47.3 Å². The van der Waals surface area contributed by atoms with E-state index in [0.29, 0.717) is 24.3 Å². The molecule has 0 aromatic heterocycles. The van der Waals surface area contributed by atoms with Crippen LogP contribution < -0.4 is 9.64 Å². The summed E-state index contributed by atoms with van der Waals surface area (Å²) < 4.78 is 13.1. The first-order valence-electron chi connectivity index (χ1n) is 21.9. The van der Waals surface area contributed by atoms with Gasteiger partial charge in [-0.15, -0.1) is 5.54 Å². The van der Waals surface area contributed by atoms with Gasteiger partial charge in [-0.25, -0.2) is 0 Å². The van der Waals surface area contributed by atoms with Gasteiger partial charge in [0.05, 0.1) is 0 Å². The van der Waals surface area contributed by atoms with E-state index in [1.807, 2.05) is 62.4 Å². The average molecular weight is 853 g/mol. The van der Waals surface area contributed by atoms with Crippen LogP contribution >= 0.6 is 0 Å². The topological polar surface area (TPSA) is 113 Å². The van der Waals surface area contributed by atoms with E-state index in [1.54, 1.807) is 0 Å². The number of hydrogen-bond donors (Lipinski definition) is 1. The minimum absolute atomic E-state index is 0.0127. The fourth-order valence-corrected chi connectivity index (χ4v) is 8.96. The van der Waals surface area contributed by atoms with Gasteiger partial charge in [-0.2, -0.15) is 15.8 Å². The molecule has 1 aliphatic carbocycles. The molecule has 322 valence electrons. The molecule has 8 heteroatoms. The van der Waals surface area contributed by atoms with Crippen LogP contribution in [-0.2, 0) is 23.1 Å². The molecule has 1 N–H and O–H groups in total. The summed E-state index contributed by atoms with van der Waals surface area (Å²) in [5.41, 5.74) is 11.7. The molecule has 63 heavy (non-hydrogen) atoms. The molecule has 0 radical (unpaired) electrons. The molecule has 0 bridgehead atoms. The van der Waals surface area contributed by atoms with Crippen LogP contribution in [0.25, 0.3) is 0 Å². The Balaban J connectivity index is 1.51. The van der Waals surface area contributed by atoms with Crippen molar-refractivity contribution in [2.24, 2.45) is 11.3 Å². The fourth-order valence-electron chi connectivity index (χ4n) is 8.44. The number of nitrogens with zero attached hydrogens (tertiary/aromatic N) is 4. The lowest BCUT2D eigenvalue weighted by Gasteiger charge is -2.36. The smallest absolute Gasteiger partial charge is 0.172 e. The van der Waals surface area contributed by atoms with Gasteiger partial charge >= 0.3 is 0 Å². The lowest BCUT2D eigenvalue weighted by Crippen LogP contribution is -2.27. The summed E-state index contributed by atoms with van der Waals surface area (Å²) in [4.78, 5) is 2.44. The van der Waals surface area contributed by atoms with Crippen molar-refractivity contribution in [3.8, 4) is 35.4 Å². The number of fused-ring (bicyclic) bond motifs is 1. The van der Waals surface area contributed by atoms with Gasteiger partial charge in [0.15, 0.2) is 11.3 Å². The van der Waals surface area contributed by atoms with Gasteiger partial charge < -0.3 is 19.5 Å². The maximum absolute atomic E-state index is 10.3. The minimum Gasteiger partial charge on any atom is -0.480 e. The second-order valence-electron chi connectivity index (χ2n) is 19.8. The molecule has 0 saturated carbocycles. The Bertz CT molecular complexity index is 2610. The molecule has 0 amide bonds. The van der Waals surface area contributed by atoms with E-state index in [4.69, 9.17) is 9.47 Å². The van der Waals surface area contributed by atoms with Gasteiger partial charge in [0.25, 0.3) is 0 Å². The molecule has 7 nitrogen and oxygen atoms in total. The van der Waals surface area contributed by atoms with Crippen molar-refractivity contribution < 1.29 is 14.6 Å². The molecule has 0 spiro atoms. The minimum atomic E-state index is -1.50. The zero-order chi connectivity index (χ0) is 45.7. The fraction of sp³-hybridized carbons (Fsp3) is 0.364. The number of hydrogen-bond acceptors (Lipinski definition) is 7. The zero-order valence-corrected chi connectivity index (χ0v) is 39.6. The number of benzene rings is 3. The molecule has 1 atom stereocenters. The van der Waals surface area contributed by atoms with Gasteiger partial charge in [-0.05, 0) is 115 Å². The monoisotopic (exact) mass is 852 g/mol. The standard InChI is InChI=1S/C55H60N4O3Si/c1-53(2,3)44-32-41(23-27-47-46(36-58)52(43(34-56)35-57)62-55(47,6)7)51(61-45-25-21-38(22-26-45)14-13-30-60)42(33-44)24-28-50-54(4,5)48-15-11-12-16-49(48)59(50)37-40-19-17-39(18-20-40)29-31-63(8,9)10/h11-12,15-28,44,60H,13-14,30,32-33,37H2,1-10H3/b27-23+,42-24+,50-28+. The van der Waals surface area contributed by atoms with Crippen molar-refractivity contribution >= 4 is 13.8 Å². The summed E-state index contributed by atoms with van der Waals surface area (Å²) in [6, 6.07) is 31.4. The van der Waals surface area contributed by atoms with Crippen LogP contribution in [0.4, 0.5) is 5.69 Å². The number of para-hydroxylation sites is 1. The Morgan fingerprint density at radius 1 is 0.889 bits per heavy atom. The number of aryl methyl sites for hydroxylation is 1. The normalized spacial score (nSPS) is 19.3. The summed E-state index contributed by atoms with van der Waals surface area (Å²) in [6.07, 6.45) is 11.4. The first-order valence-corrected chi connectivity index (χ1v) is 25.4. The van der Waals surface area contributed by atoms with Crippen LogP contribution in [-0.4, -0.2) is 25.4 Å². The molecular formula is C55H60N4O3Si. The Morgan fingerprint density at radius 3 is 2.17 bits per heavy atom. The molecule has 2 heterocycles. The van der Waals surface area contributed by atoms with Crippen LogP contribution in [0.15, 0.2) is 142 Å². The number of rotatable bonds is 10. The molecule has 0 fully saturated rings. The van der Waals surface area contributed by atoms with Gasteiger partial charge in [0, 0.05) is 41.1 Å². The molecule has 3 aromatic carbocycles. The van der Waals surface area contributed by atoms with Crippen LogP contribution in [0.1, 0.15) is 90.0 Å². The zero-order valence-electron chi connectivity index (χ0n) is 38.6. The molecule has 1 unspecified atom stereocenters. The van der Waals surface area contributed by atoms with Crippen LogP contribution in [0.3, 0.4) is 0 Å². The highest BCUT2D eigenvalue weighted by Crippen LogP contribution is 2.50. The van der Waals surface area contributed by atoms with Crippen molar-refractivity contribution in [3.05, 3.63) is 164 Å². The van der Waals surface area contributed by atoms with E-state index >= 15 is 0 Å². The van der Waals surface area contributed by atoms with Gasteiger partial charge in [-0.1, -0.05) is 121 Å². The second-order valence-corrected chi connectivity index (χ2v) is 24.6. The highest BCUT2D eigenvalue weighted by Gasteiger charge is 2.41. The maximum Gasteiger partial charge on any atom is 0.172 e. The Labute approximate surface area is 376 Å². The SMILES string of the molecule is CC1(C)OC(=C(C#N)C#N)C(C#N)=C1/C=C/C1=C(Oc2ccc(CCCO)cc2)C(=C/C=C2/N(Cc3ccc(C#C[Si](C)(C)C)cc3)c3ccccc3C2(C)C)/CC(C(C)(C)C)C1. The molecule has 6 rings (SSSR count). The second kappa shape index (κ2) is 18.6. The number of nitriles is 3. The lowest BCUT2D eigenvalue weighted by atomic mass is 9.70. The quantitative estimate of drug-likeness (QED) is 0.123. The molecule has 0 saturated heterocycles. The predicted molar refractivity (Wildman–Crippen MR) is 255 cm³/mol. The van der Waals surface area contributed by atoms with E-state index in [-0.39, 0.29) is 40.3 Å². The number of allylic oxidation sites excluding steroid dienone is 8. The van der Waals surface area contributed by atoms with E-state index in [1.165, 1.54) is 22.5 Å². The molecular weight excluding hydrogens is 793 g/mol. The van der Waals surface area contributed by atoms with Gasteiger partial charge in [0.2, 0.25) is 0 Å².